The van der Waals surface area contributed by atoms with Crippen molar-refractivity contribution in [2.45, 2.75) is 6.92 Å². The molecular weight excluding hydrogens is 230 g/mol. The quantitative estimate of drug-likeness (QED) is 0.773. The molecule has 0 aliphatic rings. The smallest absolute Gasteiger partial charge is 0.349 e. The zero-order valence-electron chi connectivity index (χ0n) is 8.10. The number of esters is 1. The van der Waals surface area contributed by atoms with E-state index in [1.165, 1.54) is 11.3 Å². The summed E-state index contributed by atoms with van der Waals surface area (Å²) in [6.07, 6.45) is 1.57. The second-order valence-corrected chi connectivity index (χ2v) is 4.71. The summed E-state index contributed by atoms with van der Waals surface area (Å²) in [5, 5.41) is 2.86. The van der Waals surface area contributed by atoms with Gasteiger partial charge >= 0.3 is 5.97 Å². The third kappa shape index (κ3) is 2.24. The van der Waals surface area contributed by atoms with E-state index in [4.69, 9.17) is 4.74 Å². The summed E-state index contributed by atoms with van der Waals surface area (Å²) in [7, 11) is 0. The van der Waals surface area contributed by atoms with Gasteiger partial charge in [-0.2, -0.15) is 0 Å². The monoisotopic (exact) mass is 239 g/mol. The highest BCUT2D eigenvalue weighted by Gasteiger charge is 2.12. The van der Waals surface area contributed by atoms with Crippen LogP contribution >= 0.6 is 22.7 Å². The van der Waals surface area contributed by atoms with E-state index in [-0.39, 0.29) is 5.97 Å². The molecule has 0 saturated heterocycles. The van der Waals surface area contributed by atoms with Crippen LogP contribution in [0.5, 0.6) is 0 Å². The van der Waals surface area contributed by atoms with Gasteiger partial charge in [-0.25, -0.2) is 9.78 Å². The molecule has 15 heavy (non-hydrogen) atoms. The van der Waals surface area contributed by atoms with Crippen molar-refractivity contribution >= 4 is 28.6 Å². The minimum absolute atomic E-state index is 0.294. The Morgan fingerprint density at radius 2 is 2.47 bits per heavy atom. The average Bonchev–Trinajstić information content (AvgIpc) is 2.89. The topological polar surface area (TPSA) is 39.2 Å². The number of thiophene rings is 1. The number of carbonyl (C=O) groups excluding carboxylic acids is 1. The Morgan fingerprint density at radius 3 is 3.13 bits per heavy atom. The lowest BCUT2D eigenvalue weighted by Crippen LogP contribution is -2.01. The summed E-state index contributed by atoms with van der Waals surface area (Å²) in [5.74, 6) is -0.294. The second kappa shape index (κ2) is 4.55. The van der Waals surface area contributed by atoms with Crippen LogP contribution in [0.2, 0.25) is 0 Å². The molecular formula is C10H9NO2S2. The molecule has 0 N–H and O–H groups in total. The molecule has 0 unspecified atom stereocenters. The lowest BCUT2D eigenvalue weighted by molar-refractivity contribution is 0.0532. The molecule has 3 nitrogen and oxygen atoms in total. The van der Waals surface area contributed by atoms with Crippen LogP contribution in [0.15, 0.2) is 23.7 Å². The number of carbonyl (C=O) groups is 1. The molecule has 2 heterocycles. The van der Waals surface area contributed by atoms with Gasteiger partial charge in [0.2, 0.25) is 0 Å². The molecule has 0 aliphatic heterocycles. The van der Waals surface area contributed by atoms with Crippen molar-refractivity contribution in [2.24, 2.45) is 0 Å². The third-order valence-electron chi connectivity index (χ3n) is 1.71. The van der Waals surface area contributed by atoms with Crippen molar-refractivity contribution in [3.05, 3.63) is 28.6 Å². The van der Waals surface area contributed by atoms with Crippen LogP contribution in [0, 0.1) is 0 Å². The molecule has 0 radical (unpaired) electrons. The van der Waals surface area contributed by atoms with Crippen molar-refractivity contribution < 1.29 is 9.53 Å². The SMILES string of the molecule is CCOC(=O)c1cnc(-c2cccs2)s1. The summed E-state index contributed by atoms with van der Waals surface area (Å²) in [6.45, 7) is 2.18. The van der Waals surface area contributed by atoms with Crippen LogP contribution < -0.4 is 0 Å². The molecule has 0 bridgehead atoms. The Bertz CT molecular complexity index is 448. The van der Waals surface area contributed by atoms with E-state index in [0.29, 0.717) is 11.5 Å². The molecule has 0 amide bonds. The first kappa shape index (κ1) is 10.3. The van der Waals surface area contributed by atoms with Crippen LogP contribution in [-0.4, -0.2) is 17.6 Å². The molecule has 78 valence electrons. The summed E-state index contributed by atoms with van der Waals surface area (Å²) < 4.78 is 4.89. The number of nitrogens with zero attached hydrogens (tertiary/aromatic N) is 1. The van der Waals surface area contributed by atoms with Crippen molar-refractivity contribution in [3.63, 3.8) is 0 Å². The van der Waals surface area contributed by atoms with E-state index in [9.17, 15) is 4.79 Å². The predicted octanol–water partition coefficient (Wildman–Crippen LogP) is 3.05. The highest BCUT2D eigenvalue weighted by atomic mass is 32.1. The molecule has 2 aromatic heterocycles. The van der Waals surface area contributed by atoms with E-state index in [1.54, 1.807) is 24.5 Å². The van der Waals surface area contributed by atoms with Gasteiger partial charge in [-0.05, 0) is 18.4 Å². The summed E-state index contributed by atoms with van der Waals surface area (Å²) >= 11 is 2.97. The Kier molecular flexibility index (Phi) is 3.13. The van der Waals surface area contributed by atoms with Gasteiger partial charge in [0.1, 0.15) is 9.88 Å². The number of rotatable bonds is 3. The predicted molar refractivity (Wildman–Crippen MR) is 61.4 cm³/mol. The van der Waals surface area contributed by atoms with E-state index in [1.807, 2.05) is 17.5 Å². The highest BCUT2D eigenvalue weighted by Crippen LogP contribution is 2.28. The average molecular weight is 239 g/mol. The molecule has 0 atom stereocenters. The minimum Gasteiger partial charge on any atom is -0.462 e. The van der Waals surface area contributed by atoms with Crippen LogP contribution in [-0.2, 0) is 4.74 Å². The van der Waals surface area contributed by atoms with Crippen molar-refractivity contribution in [2.75, 3.05) is 6.61 Å². The normalized spacial score (nSPS) is 10.2. The van der Waals surface area contributed by atoms with Gasteiger partial charge in [0.15, 0.2) is 0 Å². The third-order valence-corrected chi connectivity index (χ3v) is 3.73. The maximum atomic E-state index is 11.4. The van der Waals surface area contributed by atoms with Crippen molar-refractivity contribution in [1.82, 2.24) is 4.98 Å². The zero-order valence-corrected chi connectivity index (χ0v) is 9.73. The largest absolute Gasteiger partial charge is 0.462 e. The maximum absolute atomic E-state index is 11.4. The van der Waals surface area contributed by atoms with Gasteiger partial charge in [-0.15, -0.1) is 22.7 Å². The van der Waals surface area contributed by atoms with Gasteiger partial charge < -0.3 is 4.74 Å². The number of aromatic nitrogens is 1. The molecule has 0 aliphatic carbocycles. The highest BCUT2D eigenvalue weighted by molar-refractivity contribution is 7.21. The summed E-state index contributed by atoms with van der Waals surface area (Å²) in [5.41, 5.74) is 0. The molecule has 0 saturated carbocycles. The van der Waals surface area contributed by atoms with Gasteiger partial charge in [0.05, 0.1) is 17.7 Å². The second-order valence-electron chi connectivity index (χ2n) is 2.73. The maximum Gasteiger partial charge on any atom is 0.349 e. The fourth-order valence-electron chi connectivity index (χ4n) is 1.08. The summed E-state index contributed by atoms with van der Waals surface area (Å²) in [6, 6.07) is 3.95. The molecule has 0 fully saturated rings. The van der Waals surface area contributed by atoms with E-state index >= 15 is 0 Å². The fourth-order valence-corrected chi connectivity index (χ4v) is 2.70. The number of hydrogen-bond acceptors (Lipinski definition) is 5. The van der Waals surface area contributed by atoms with E-state index in [2.05, 4.69) is 4.98 Å². The van der Waals surface area contributed by atoms with E-state index in [0.717, 1.165) is 9.88 Å². The van der Waals surface area contributed by atoms with Crippen LogP contribution in [0.25, 0.3) is 9.88 Å². The van der Waals surface area contributed by atoms with E-state index < -0.39 is 0 Å². The van der Waals surface area contributed by atoms with Crippen LogP contribution in [0.1, 0.15) is 16.6 Å². The molecule has 2 aromatic rings. The molecule has 0 aromatic carbocycles. The number of thiazole rings is 1. The van der Waals surface area contributed by atoms with Gasteiger partial charge in [0.25, 0.3) is 0 Å². The Morgan fingerprint density at radius 1 is 1.60 bits per heavy atom. The first-order chi connectivity index (χ1) is 7.31. The van der Waals surface area contributed by atoms with Gasteiger partial charge in [-0.1, -0.05) is 6.07 Å². The fraction of sp³-hybridized carbons (Fsp3) is 0.200. The van der Waals surface area contributed by atoms with Crippen molar-refractivity contribution in [1.29, 1.82) is 0 Å². The minimum atomic E-state index is -0.294. The lowest BCUT2D eigenvalue weighted by atomic mass is 10.5. The Labute approximate surface area is 95.4 Å². The lowest BCUT2D eigenvalue weighted by Gasteiger charge is -1.95. The Hall–Kier alpha value is -1.20. The zero-order chi connectivity index (χ0) is 10.7. The first-order valence-electron chi connectivity index (χ1n) is 4.48. The van der Waals surface area contributed by atoms with Gasteiger partial charge in [-0.3, -0.25) is 0 Å². The standard InChI is InChI=1S/C10H9NO2S2/c1-2-13-10(12)8-6-11-9(15-8)7-4-3-5-14-7/h3-6H,2H2,1H3. The Balaban J connectivity index is 2.21. The molecule has 5 heteroatoms. The number of ether oxygens (including phenoxy) is 1. The van der Waals surface area contributed by atoms with Crippen molar-refractivity contribution in [3.8, 4) is 9.88 Å². The van der Waals surface area contributed by atoms with Gasteiger partial charge in [0, 0.05) is 0 Å². The van der Waals surface area contributed by atoms with Crippen LogP contribution in [0.3, 0.4) is 0 Å². The van der Waals surface area contributed by atoms with Crippen LogP contribution in [0.4, 0.5) is 0 Å². The molecule has 0 spiro atoms. The number of hydrogen-bond donors (Lipinski definition) is 0. The summed E-state index contributed by atoms with van der Waals surface area (Å²) in [4.78, 5) is 17.2. The first-order valence-corrected chi connectivity index (χ1v) is 6.17. The molecule has 2 rings (SSSR count).